The molecule has 0 saturated heterocycles. The molecule has 12 heavy (non-hydrogen) atoms. The lowest BCUT2D eigenvalue weighted by atomic mass is 11.0. The van der Waals surface area contributed by atoms with E-state index in [1.165, 1.54) is 0 Å². The normalized spacial score (nSPS) is 11.9. The van der Waals surface area contributed by atoms with Crippen LogP contribution in [-0.2, 0) is 4.57 Å². The molecule has 0 aromatic carbocycles. The summed E-state index contributed by atoms with van der Waals surface area (Å²) in [7, 11) is 0. The molecular weight excluding hydrogens is 284 g/mol. The minimum Gasteiger partial charge on any atom is -0.307 e. The van der Waals surface area contributed by atoms with Crippen molar-refractivity contribution in [3.05, 3.63) is 0 Å². The third-order valence-electron chi connectivity index (χ3n) is 0.944. The Kier molecular flexibility index (Phi) is 9.45. The van der Waals surface area contributed by atoms with Gasteiger partial charge in [0.25, 0.3) is 3.25 Å². The Morgan fingerprint density at radius 1 is 1.08 bits per heavy atom. The molecule has 0 N–H and O–H groups in total. The molecule has 0 radical (unpaired) electrons. The highest BCUT2D eigenvalue weighted by Gasteiger charge is 2.11. The number of hydrogen-bond acceptors (Lipinski definition) is 1. The van der Waals surface area contributed by atoms with E-state index in [-0.39, 0.29) is 0 Å². The first kappa shape index (κ1) is 16.1. The number of rotatable bonds is 2. The first-order valence-electron chi connectivity index (χ1n) is 3.15. The molecule has 7 heteroatoms. The summed E-state index contributed by atoms with van der Waals surface area (Å²) < 4.78 is 9.11. The molecule has 0 saturated carbocycles. The largest absolute Gasteiger partial charge is 0.307 e. The van der Waals surface area contributed by atoms with E-state index in [0.717, 1.165) is 0 Å². The molecule has 0 aromatic rings. The zero-order chi connectivity index (χ0) is 10.4. The van der Waals surface area contributed by atoms with Crippen LogP contribution in [0.25, 0.3) is 0 Å². The SMILES string of the molecule is CCP(=O)(Cl)CC.ClC(Cl)(Cl)Cl. The molecule has 0 atom stereocenters. The van der Waals surface area contributed by atoms with Gasteiger partial charge in [-0.25, -0.2) is 0 Å². The standard InChI is InChI=1S/C4H10ClOP.CCl4/c1-3-7(5,6)4-2;2-1(3,4)5/h3-4H2,1-2H3;. The van der Waals surface area contributed by atoms with Gasteiger partial charge >= 0.3 is 0 Å². The van der Waals surface area contributed by atoms with Crippen LogP contribution < -0.4 is 0 Å². The summed E-state index contributed by atoms with van der Waals surface area (Å²) in [6, 6.07) is 0. The van der Waals surface area contributed by atoms with Gasteiger partial charge in [0.05, 0.1) is 0 Å². The third kappa shape index (κ3) is 22.6. The van der Waals surface area contributed by atoms with Crippen LogP contribution in [0.4, 0.5) is 0 Å². The maximum Gasteiger partial charge on any atom is 0.266 e. The average molecular weight is 294 g/mol. The van der Waals surface area contributed by atoms with Gasteiger partial charge in [0, 0.05) is 12.3 Å². The fourth-order valence-electron chi connectivity index (χ4n) is 0.224. The van der Waals surface area contributed by atoms with Crippen LogP contribution in [0.3, 0.4) is 0 Å². The number of hydrogen-bond donors (Lipinski definition) is 0. The smallest absolute Gasteiger partial charge is 0.266 e. The van der Waals surface area contributed by atoms with Gasteiger partial charge in [0.2, 0.25) is 0 Å². The Hall–Kier alpha value is 1.68. The fraction of sp³-hybridized carbons (Fsp3) is 1.00. The Balaban J connectivity index is 0. The molecule has 0 amide bonds. The van der Waals surface area contributed by atoms with Crippen molar-refractivity contribution in [2.24, 2.45) is 0 Å². The molecule has 0 aliphatic rings. The van der Waals surface area contributed by atoms with Crippen molar-refractivity contribution in [2.45, 2.75) is 17.1 Å². The second-order valence-electron chi connectivity index (χ2n) is 1.85. The summed E-state index contributed by atoms with van der Waals surface area (Å²) in [5.74, 6) is 0. The second kappa shape index (κ2) is 7.04. The lowest BCUT2D eigenvalue weighted by Gasteiger charge is -1.99. The highest BCUT2D eigenvalue weighted by Crippen LogP contribution is 2.49. The zero-order valence-corrected chi connectivity index (χ0v) is 11.3. The molecule has 1 nitrogen and oxygen atoms in total. The maximum absolute atomic E-state index is 10.7. The van der Waals surface area contributed by atoms with Crippen molar-refractivity contribution in [2.75, 3.05) is 12.3 Å². The monoisotopic (exact) mass is 292 g/mol. The van der Waals surface area contributed by atoms with Gasteiger partial charge in [-0.3, -0.25) is 0 Å². The van der Waals surface area contributed by atoms with E-state index in [0.29, 0.717) is 12.3 Å². The van der Waals surface area contributed by atoms with Crippen LogP contribution in [-0.4, -0.2) is 15.6 Å². The number of halogens is 5. The zero-order valence-electron chi connectivity index (χ0n) is 6.66. The van der Waals surface area contributed by atoms with E-state index in [9.17, 15) is 4.57 Å². The minimum absolute atomic E-state index is 0.616. The van der Waals surface area contributed by atoms with E-state index in [4.69, 9.17) is 57.6 Å². The van der Waals surface area contributed by atoms with Crippen LogP contribution in [0.15, 0.2) is 0 Å². The van der Waals surface area contributed by atoms with Gasteiger partial charge in [0.1, 0.15) is 0 Å². The molecule has 0 unspecified atom stereocenters. The van der Waals surface area contributed by atoms with E-state index in [1.54, 1.807) is 0 Å². The summed E-state index contributed by atoms with van der Waals surface area (Å²) in [6.45, 7) is 1.51. The van der Waals surface area contributed by atoms with Crippen LogP contribution in [0.1, 0.15) is 13.8 Å². The Morgan fingerprint density at radius 3 is 1.25 bits per heavy atom. The fourth-order valence-corrected chi connectivity index (χ4v) is 0.671. The highest BCUT2D eigenvalue weighted by molar-refractivity contribution is 7.89. The topological polar surface area (TPSA) is 17.1 Å². The van der Waals surface area contributed by atoms with Crippen LogP contribution in [0, 0.1) is 0 Å². The molecular formula is C5H10Cl5OP. The molecule has 0 fully saturated rings. The maximum atomic E-state index is 10.7. The second-order valence-corrected chi connectivity index (χ2v) is 9.97. The van der Waals surface area contributed by atoms with E-state index in [1.807, 2.05) is 13.8 Å². The minimum atomic E-state index is -2.18. The molecule has 0 spiro atoms. The van der Waals surface area contributed by atoms with Gasteiger partial charge in [-0.15, -0.1) is 0 Å². The van der Waals surface area contributed by atoms with Crippen molar-refractivity contribution in [1.29, 1.82) is 0 Å². The molecule has 0 bridgehead atoms. The van der Waals surface area contributed by atoms with Gasteiger partial charge in [-0.2, -0.15) is 0 Å². The van der Waals surface area contributed by atoms with E-state index in [2.05, 4.69) is 0 Å². The van der Waals surface area contributed by atoms with Gasteiger partial charge < -0.3 is 4.57 Å². The Labute approximate surface area is 97.8 Å². The molecule has 0 rings (SSSR count). The molecule has 0 aromatic heterocycles. The van der Waals surface area contributed by atoms with Crippen molar-refractivity contribution >= 4 is 64.1 Å². The van der Waals surface area contributed by atoms with Crippen molar-refractivity contribution in [3.8, 4) is 0 Å². The molecule has 0 aliphatic heterocycles. The summed E-state index contributed by atoms with van der Waals surface area (Å²) >= 11 is 24.8. The summed E-state index contributed by atoms with van der Waals surface area (Å²) in [5.41, 5.74) is 0. The summed E-state index contributed by atoms with van der Waals surface area (Å²) in [4.78, 5) is 0. The van der Waals surface area contributed by atoms with Crippen molar-refractivity contribution in [1.82, 2.24) is 0 Å². The first-order chi connectivity index (χ1) is 5.12. The molecule has 0 aliphatic carbocycles. The predicted molar refractivity (Wildman–Crippen MR) is 60.7 cm³/mol. The van der Waals surface area contributed by atoms with Crippen LogP contribution in [0.5, 0.6) is 0 Å². The first-order valence-corrected chi connectivity index (χ1v) is 7.65. The quantitative estimate of drug-likeness (QED) is 0.512. The van der Waals surface area contributed by atoms with Gasteiger partial charge in [-0.05, 0) is 0 Å². The Morgan fingerprint density at radius 2 is 1.25 bits per heavy atom. The van der Waals surface area contributed by atoms with Gasteiger partial charge in [-0.1, -0.05) is 71.5 Å². The van der Waals surface area contributed by atoms with Gasteiger partial charge in [0.15, 0.2) is 6.49 Å². The lowest BCUT2D eigenvalue weighted by molar-refractivity contribution is 0.585. The average Bonchev–Trinajstić information content (AvgIpc) is 1.85. The van der Waals surface area contributed by atoms with Crippen LogP contribution in [0.2, 0.25) is 0 Å². The van der Waals surface area contributed by atoms with E-state index >= 15 is 0 Å². The van der Waals surface area contributed by atoms with Crippen molar-refractivity contribution in [3.63, 3.8) is 0 Å². The summed E-state index contributed by atoms with van der Waals surface area (Å²) in [6.07, 6.45) is 1.23. The predicted octanol–water partition coefficient (Wildman–Crippen LogP) is 5.10. The third-order valence-corrected chi connectivity index (χ3v) is 4.27. The lowest BCUT2D eigenvalue weighted by Crippen LogP contribution is -1.81. The van der Waals surface area contributed by atoms with E-state index < -0.39 is 9.75 Å². The molecule has 76 valence electrons. The van der Waals surface area contributed by atoms with Crippen molar-refractivity contribution < 1.29 is 4.57 Å². The molecule has 0 heterocycles. The highest BCUT2D eigenvalue weighted by atomic mass is 35.7. The van der Waals surface area contributed by atoms with Crippen LogP contribution >= 0.6 is 64.1 Å². The number of alkyl halides is 4. The summed E-state index contributed by atoms with van der Waals surface area (Å²) in [5, 5.41) is 0. The Bertz CT molecular complexity index is 140.